The third kappa shape index (κ3) is 3.95. The highest BCUT2D eigenvalue weighted by Crippen LogP contribution is 2.50. The summed E-state index contributed by atoms with van der Waals surface area (Å²) >= 11 is 0. The Morgan fingerprint density at radius 2 is 1.24 bits per heavy atom. The molecule has 0 fully saturated rings. The van der Waals surface area contributed by atoms with E-state index in [1.807, 2.05) is 60.8 Å². The van der Waals surface area contributed by atoms with Crippen molar-refractivity contribution in [1.29, 1.82) is 0 Å². The molecule has 8 rings (SSSR count). The Morgan fingerprint density at radius 3 is 2.00 bits per heavy atom. The SMILES string of the molecule is c1ccc(-c2cc3c4c(cccc4c2)N(c2cc(-c4ccccc4)nc(-c4ccccc4)n2)c2cncnc2-3)cc1. The minimum atomic E-state index is 0.665. The van der Waals surface area contributed by atoms with E-state index in [1.165, 1.54) is 5.56 Å². The highest BCUT2D eigenvalue weighted by Gasteiger charge is 2.29. The molecule has 0 saturated heterocycles. The summed E-state index contributed by atoms with van der Waals surface area (Å²) in [5, 5.41) is 2.29. The largest absolute Gasteiger partial charge is 0.290 e. The lowest BCUT2D eigenvalue weighted by molar-refractivity contribution is 1.09. The second-order valence-electron chi connectivity index (χ2n) is 10.0. The van der Waals surface area contributed by atoms with Crippen molar-refractivity contribution < 1.29 is 0 Å². The fourth-order valence-corrected chi connectivity index (χ4v) is 5.67. The van der Waals surface area contributed by atoms with Gasteiger partial charge in [0.25, 0.3) is 0 Å². The zero-order valence-corrected chi connectivity index (χ0v) is 22.0. The van der Waals surface area contributed by atoms with Crippen LogP contribution in [0.3, 0.4) is 0 Å². The summed E-state index contributed by atoms with van der Waals surface area (Å²) in [6.07, 6.45) is 3.50. The molecule has 0 atom stereocenters. The Kier molecular flexibility index (Phi) is 5.38. The Balaban J connectivity index is 1.41. The van der Waals surface area contributed by atoms with Gasteiger partial charge in [-0.05, 0) is 34.7 Å². The van der Waals surface area contributed by atoms with Crippen molar-refractivity contribution in [2.75, 3.05) is 4.90 Å². The van der Waals surface area contributed by atoms with Gasteiger partial charge in [-0.1, -0.05) is 103 Å². The van der Waals surface area contributed by atoms with Gasteiger partial charge in [0.15, 0.2) is 5.82 Å². The molecule has 2 aromatic heterocycles. The van der Waals surface area contributed by atoms with Crippen molar-refractivity contribution in [3.8, 4) is 45.0 Å². The Bertz CT molecular complexity index is 1980. The topological polar surface area (TPSA) is 54.8 Å². The maximum atomic E-state index is 5.14. The van der Waals surface area contributed by atoms with Crippen LogP contribution in [0.15, 0.2) is 140 Å². The fraction of sp³-hybridized carbons (Fsp3) is 0. The molecule has 3 heterocycles. The molecule has 0 radical (unpaired) electrons. The van der Waals surface area contributed by atoms with Gasteiger partial charge in [0.1, 0.15) is 12.1 Å². The number of hydrogen-bond donors (Lipinski definition) is 0. The summed E-state index contributed by atoms with van der Waals surface area (Å²) in [5.74, 6) is 1.43. The van der Waals surface area contributed by atoms with Crippen LogP contribution in [0, 0.1) is 0 Å². The van der Waals surface area contributed by atoms with E-state index in [9.17, 15) is 0 Å². The van der Waals surface area contributed by atoms with E-state index in [0.717, 1.165) is 61.6 Å². The number of benzene rings is 5. The monoisotopic (exact) mass is 525 g/mol. The molecule has 5 heteroatoms. The number of fused-ring (bicyclic) bond motifs is 2. The number of rotatable bonds is 4. The normalized spacial score (nSPS) is 11.9. The molecule has 41 heavy (non-hydrogen) atoms. The minimum absolute atomic E-state index is 0.665. The second-order valence-corrected chi connectivity index (χ2v) is 10.0. The van der Waals surface area contributed by atoms with Crippen LogP contribution in [-0.2, 0) is 0 Å². The predicted molar refractivity (Wildman–Crippen MR) is 165 cm³/mol. The third-order valence-electron chi connectivity index (χ3n) is 7.54. The number of hydrogen-bond acceptors (Lipinski definition) is 5. The van der Waals surface area contributed by atoms with Crippen LogP contribution in [0.25, 0.3) is 55.8 Å². The van der Waals surface area contributed by atoms with Gasteiger partial charge in [-0.2, -0.15) is 0 Å². The van der Waals surface area contributed by atoms with Crippen LogP contribution >= 0.6 is 0 Å². The average molecular weight is 526 g/mol. The smallest absolute Gasteiger partial charge is 0.162 e. The highest BCUT2D eigenvalue weighted by atomic mass is 15.2. The zero-order chi connectivity index (χ0) is 27.2. The van der Waals surface area contributed by atoms with Crippen LogP contribution in [0.4, 0.5) is 17.2 Å². The summed E-state index contributed by atoms with van der Waals surface area (Å²) in [5.41, 5.74) is 9.05. The zero-order valence-electron chi connectivity index (χ0n) is 22.0. The van der Waals surface area contributed by atoms with Gasteiger partial charge in [0.05, 0.1) is 29.0 Å². The first-order valence-corrected chi connectivity index (χ1v) is 13.6. The molecule has 0 bridgehead atoms. The Labute approximate surface area is 237 Å². The predicted octanol–water partition coefficient (Wildman–Crippen LogP) is 8.87. The molecule has 5 aromatic carbocycles. The minimum Gasteiger partial charge on any atom is -0.290 e. The van der Waals surface area contributed by atoms with Crippen LogP contribution in [-0.4, -0.2) is 19.9 Å². The molecule has 0 aliphatic carbocycles. The molecular weight excluding hydrogens is 502 g/mol. The van der Waals surface area contributed by atoms with E-state index in [1.54, 1.807) is 6.33 Å². The van der Waals surface area contributed by atoms with E-state index in [4.69, 9.17) is 15.0 Å². The van der Waals surface area contributed by atoms with Crippen molar-refractivity contribution in [2.45, 2.75) is 0 Å². The van der Waals surface area contributed by atoms with Crippen molar-refractivity contribution in [3.05, 3.63) is 140 Å². The van der Waals surface area contributed by atoms with Gasteiger partial charge in [-0.3, -0.25) is 4.90 Å². The van der Waals surface area contributed by atoms with Crippen molar-refractivity contribution in [2.24, 2.45) is 0 Å². The van der Waals surface area contributed by atoms with E-state index < -0.39 is 0 Å². The summed E-state index contributed by atoms with van der Waals surface area (Å²) < 4.78 is 0. The molecule has 1 aliphatic rings. The summed E-state index contributed by atoms with van der Waals surface area (Å²) in [6, 6.07) is 43.8. The molecule has 1 aliphatic heterocycles. The molecule has 5 nitrogen and oxygen atoms in total. The number of nitrogens with zero attached hydrogens (tertiary/aromatic N) is 5. The van der Waals surface area contributed by atoms with Crippen LogP contribution in [0.5, 0.6) is 0 Å². The van der Waals surface area contributed by atoms with Gasteiger partial charge < -0.3 is 0 Å². The van der Waals surface area contributed by atoms with Crippen LogP contribution in [0.2, 0.25) is 0 Å². The first-order valence-electron chi connectivity index (χ1n) is 13.6. The van der Waals surface area contributed by atoms with Gasteiger partial charge in [0, 0.05) is 28.1 Å². The van der Waals surface area contributed by atoms with Gasteiger partial charge in [0.2, 0.25) is 0 Å². The molecule has 0 spiro atoms. The lowest BCUT2D eigenvalue weighted by Gasteiger charge is -2.32. The van der Waals surface area contributed by atoms with Crippen LogP contribution in [0.1, 0.15) is 0 Å². The molecular formula is C36H23N5. The van der Waals surface area contributed by atoms with Gasteiger partial charge in [-0.15, -0.1) is 0 Å². The highest BCUT2D eigenvalue weighted by molar-refractivity contribution is 6.14. The number of aromatic nitrogens is 4. The van der Waals surface area contributed by atoms with E-state index >= 15 is 0 Å². The lowest BCUT2D eigenvalue weighted by atomic mass is 9.91. The van der Waals surface area contributed by atoms with Crippen molar-refractivity contribution in [1.82, 2.24) is 19.9 Å². The maximum absolute atomic E-state index is 5.14. The summed E-state index contributed by atoms with van der Waals surface area (Å²) in [7, 11) is 0. The fourth-order valence-electron chi connectivity index (χ4n) is 5.67. The number of anilines is 3. The third-order valence-corrected chi connectivity index (χ3v) is 7.54. The van der Waals surface area contributed by atoms with E-state index in [-0.39, 0.29) is 0 Å². The molecule has 0 N–H and O–H groups in total. The standard InChI is InChI=1S/C36H23N5/c1-4-11-24(12-5-1)28-19-27-17-10-18-31-34(27)29(20-28)35-32(22-37-23-38-35)41(31)33-21-30(25-13-6-2-7-14-25)39-36(40-33)26-15-8-3-9-16-26/h1-23H. The molecule has 0 amide bonds. The Morgan fingerprint density at radius 1 is 0.537 bits per heavy atom. The first kappa shape index (κ1) is 23.2. The quantitative estimate of drug-likeness (QED) is 0.230. The molecule has 7 aromatic rings. The first-order chi connectivity index (χ1) is 20.3. The van der Waals surface area contributed by atoms with E-state index in [0.29, 0.717) is 5.82 Å². The van der Waals surface area contributed by atoms with Gasteiger partial charge >= 0.3 is 0 Å². The van der Waals surface area contributed by atoms with Crippen molar-refractivity contribution >= 4 is 28.0 Å². The molecule has 0 unspecified atom stereocenters. The summed E-state index contributed by atoms with van der Waals surface area (Å²) in [4.78, 5) is 21.6. The molecule has 192 valence electrons. The molecule has 0 saturated carbocycles. The Hall–Kier alpha value is -5.68. The average Bonchev–Trinajstić information content (AvgIpc) is 3.06. The maximum Gasteiger partial charge on any atom is 0.162 e. The van der Waals surface area contributed by atoms with Gasteiger partial charge in [-0.25, -0.2) is 19.9 Å². The lowest BCUT2D eigenvalue weighted by Crippen LogP contribution is -2.18. The second kappa shape index (κ2) is 9.50. The van der Waals surface area contributed by atoms with E-state index in [2.05, 4.69) is 82.7 Å². The summed E-state index contributed by atoms with van der Waals surface area (Å²) in [6.45, 7) is 0. The van der Waals surface area contributed by atoms with Crippen LogP contribution < -0.4 is 4.90 Å². The van der Waals surface area contributed by atoms with Crippen molar-refractivity contribution in [3.63, 3.8) is 0 Å².